The van der Waals surface area contributed by atoms with Crippen molar-refractivity contribution in [2.45, 2.75) is 48.8 Å². The molecule has 2 saturated heterocycles. The van der Waals surface area contributed by atoms with Gasteiger partial charge in [0.05, 0.1) is 43.2 Å². The zero-order chi connectivity index (χ0) is 33.9. The van der Waals surface area contributed by atoms with Crippen molar-refractivity contribution in [3.05, 3.63) is 87.0 Å². The summed E-state index contributed by atoms with van der Waals surface area (Å²) < 4.78 is 1.27. The van der Waals surface area contributed by atoms with Gasteiger partial charge in [-0.25, -0.2) is 4.98 Å². The van der Waals surface area contributed by atoms with Gasteiger partial charge in [-0.2, -0.15) is 0 Å². The minimum absolute atomic E-state index is 0.0514. The zero-order valence-electron chi connectivity index (χ0n) is 25.7. The van der Waals surface area contributed by atoms with E-state index in [-0.39, 0.29) is 45.6 Å². The average molecular weight is 698 g/mol. The Bertz CT molecular complexity index is 2100. The Hall–Kier alpha value is -4.79. The molecule has 2 aliphatic heterocycles. The number of carbonyl (C=O) groups excluding carboxylic acids is 4. The molecule has 3 aliphatic rings. The summed E-state index contributed by atoms with van der Waals surface area (Å²) in [6.07, 6.45) is 4.66. The summed E-state index contributed by atoms with van der Waals surface area (Å²) in [6.45, 7) is 3.77. The Morgan fingerprint density at radius 1 is 0.938 bits per heavy atom. The molecular formula is C34H27N5O6S3. The minimum Gasteiger partial charge on any atom is -0.298 e. The number of carbonyl (C=O) groups is 4. The third-order valence-corrected chi connectivity index (χ3v) is 11.1. The van der Waals surface area contributed by atoms with Crippen molar-refractivity contribution in [1.82, 2.24) is 10.3 Å². The molecule has 14 heteroatoms. The summed E-state index contributed by atoms with van der Waals surface area (Å²) in [5, 5.41) is 14.7. The first-order chi connectivity index (χ1) is 23.0. The molecule has 2 atom stereocenters. The maximum atomic E-state index is 13.5. The SMILES string of the molecule is Cc1cc(C)cc(N2C(=O)/C(=C/c3ccc(Sc4nc5ccc(N6C(=O)[C@@H]7CCCC[C@H]7C6=O)cc5s4)c([N+](=O)[O-])c3)C(=O)NC2=S)c1. The molecule has 7 rings (SSSR count). The molecule has 1 saturated carbocycles. The minimum atomic E-state index is -0.698. The van der Waals surface area contributed by atoms with Crippen LogP contribution < -0.4 is 15.1 Å². The normalized spacial score (nSPS) is 20.5. The van der Waals surface area contributed by atoms with E-state index in [1.165, 1.54) is 33.3 Å². The van der Waals surface area contributed by atoms with Gasteiger partial charge in [0, 0.05) is 6.07 Å². The molecule has 11 nitrogen and oxygen atoms in total. The van der Waals surface area contributed by atoms with E-state index in [0.29, 0.717) is 26.1 Å². The number of nitrogens with zero attached hydrogens (tertiary/aromatic N) is 4. The van der Waals surface area contributed by atoms with E-state index in [4.69, 9.17) is 12.2 Å². The van der Waals surface area contributed by atoms with Crippen molar-refractivity contribution in [3.63, 3.8) is 0 Å². The maximum Gasteiger partial charge on any atom is 0.283 e. The summed E-state index contributed by atoms with van der Waals surface area (Å²) in [4.78, 5) is 71.7. The van der Waals surface area contributed by atoms with Gasteiger partial charge in [0.25, 0.3) is 17.5 Å². The highest BCUT2D eigenvalue weighted by atomic mass is 32.2. The van der Waals surface area contributed by atoms with Crippen molar-refractivity contribution >= 4 is 97.4 Å². The van der Waals surface area contributed by atoms with Crippen LogP contribution in [0.15, 0.2) is 69.4 Å². The Kier molecular flexibility index (Phi) is 8.17. The molecular weight excluding hydrogens is 671 g/mol. The average Bonchev–Trinajstić information content (AvgIpc) is 3.55. The van der Waals surface area contributed by atoms with Crippen LogP contribution in [0.4, 0.5) is 17.1 Å². The van der Waals surface area contributed by atoms with Gasteiger partial charge in [-0.3, -0.25) is 44.4 Å². The topological polar surface area (TPSA) is 143 Å². The van der Waals surface area contributed by atoms with Crippen molar-refractivity contribution in [2.24, 2.45) is 11.8 Å². The highest BCUT2D eigenvalue weighted by Gasteiger charge is 2.48. The molecule has 0 unspecified atom stereocenters. The monoisotopic (exact) mass is 697 g/mol. The first-order valence-corrected chi connectivity index (χ1v) is 17.3. The molecule has 1 aromatic heterocycles. The second kappa shape index (κ2) is 12.3. The number of thiazole rings is 1. The second-order valence-electron chi connectivity index (χ2n) is 12.0. The summed E-state index contributed by atoms with van der Waals surface area (Å²) in [6, 6.07) is 15.2. The van der Waals surface area contributed by atoms with E-state index < -0.39 is 16.7 Å². The molecule has 3 aromatic carbocycles. The van der Waals surface area contributed by atoms with E-state index in [1.807, 2.05) is 19.9 Å². The number of amides is 4. The van der Waals surface area contributed by atoms with Gasteiger partial charge in [-0.1, -0.05) is 36.7 Å². The van der Waals surface area contributed by atoms with Crippen LogP contribution in [-0.4, -0.2) is 38.6 Å². The first kappa shape index (κ1) is 31.8. The Morgan fingerprint density at radius 3 is 2.29 bits per heavy atom. The number of aryl methyl sites for hydroxylation is 2. The highest BCUT2D eigenvalue weighted by Crippen LogP contribution is 2.43. The van der Waals surface area contributed by atoms with Gasteiger partial charge in [-0.15, -0.1) is 11.3 Å². The summed E-state index contributed by atoms with van der Waals surface area (Å²) in [5.41, 5.74) is 3.32. The summed E-state index contributed by atoms with van der Waals surface area (Å²) in [5.74, 6) is -2.15. The molecule has 3 fully saturated rings. The van der Waals surface area contributed by atoms with E-state index in [1.54, 1.807) is 42.5 Å². The van der Waals surface area contributed by atoms with E-state index in [2.05, 4.69) is 10.3 Å². The van der Waals surface area contributed by atoms with Crippen molar-refractivity contribution in [1.29, 1.82) is 0 Å². The van der Waals surface area contributed by atoms with E-state index in [0.717, 1.165) is 53.3 Å². The van der Waals surface area contributed by atoms with Gasteiger partial charge in [0.2, 0.25) is 11.8 Å². The van der Waals surface area contributed by atoms with Gasteiger partial charge >= 0.3 is 0 Å². The van der Waals surface area contributed by atoms with Crippen molar-refractivity contribution < 1.29 is 24.1 Å². The second-order valence-corrected chi connectivity index (χ2v) is 14.7. The van der Waals surface area contributed by atoms with Crippen LogP contribution in [0.3, 0.4) is 0 Å². The molecule has 0 bridgehead atoms. The molecule has 4 aromatic rings. The van der Waals surface area contributed by atoms with E-state index >= 15 is 0 Å². The number of anilines is 2. The fourth-order valence-electron chi connectivity index (χ4n) is 6.58. The fraction of sp³-hybridized carbons (Fsp3) is 0.235. The molecule has 3 heterocycles. The van der Waals surface area contributed by atoms with Gasteiger partial charge in [-0.05, 0) is 98.1 Å². The van der Waals surface area contributed by atoms with Crippen LogP contribution >= 0.6 is 35.3 Å². The molecule has 4 amide bonds. The molecule has 48 heavy (non-hydrogen) atoms. The number of benzene rings is 3. The predicted octanol–water partition coefficient (Wildman–Crippen LogP) is 6.48. The number of nitro groups is 1. The number of thiocarbonyl (C=S) groups is 1. The Morgan fingerprint density at radius 2 is 1.62 bits per heavy atom. The van der Waals surface area contributed by atoms with Gasteiger partial charge in [0.15, 0.2) is 9.45 Å². The number of rotatable bonds is 6. The summed E-state index contributed by atoms with van der Waals surface area (Å²) in [7, 11) is 0. The first-order valence-electron chi connectivity index (χ1n) is 15.2. The van der Waals surface area contributed by atoms with Crippen LogP contribution in [-0.2, 0) is 19.2 Å². The predicted molar refractivity (Wildman–Crippen MR) is 187 cm³/mol. The summed E-state index contributed by atoms with van der Waals surface area (Å²) >= 11 is 7.71. The molecule has 1 aliphatic carbocycles. The quantitative estimate of drug-likeness (QED) is 0.0598. The third-order valence-electron chi connectivity index (χ3n) is 8.71. The van der Waals surface area contributed by atoms with Crippen LogP contribution in [0, 0.1) is 35.8 Å². The largest absolute Gasteiger partial charge is 0.298 e. The lowest BCUT2D eigenvalue weighted by Gasteiger charge is -2.29. The van der Waals surface area contributed by atoms with Crippen molar-refractivity contribution in [2.75, 3.05) is 9.80 Å². The molecule has 242 valence electrons. The van der Waals surface area contributed by atoms with Gasteiger partial charge in [0.1, 0.15) is 5.57 Å². The third kappa shape index (κ3) is 5.69. The number of hydrogen-bond acceptors (Lipinski definition) is 10. The van der Waals surface area contributed by atoms with Crippen LogP contribution in [0.2, 0.25) is 0 Å². The lowest BCUT2D eigenvalue weighted by Crippen LogP contribution is -2.54. The maximum absolute atomic E-state index is 13.5. The number of imide groups is 1. The fourth-order valence-corrected chi connectivity index (χ4v) is 9.00. The van der Waals surface area contributed by atoms with Crippen LogP contribution in [0.5, 0.6) is 0 Å². The van der Waals surface area contributed by atoms with Gasteiger partial charge < -0.3 is 0 Å². The molecule has 1 N–H and O–H groups in total. The lowest BCUT2D eigenvalue weighted by atomic mass is 9.81. The standard InChI is InChI=1S/C34H27N5O6S3/c1-17-11-18(2)13-21(12-17)38-32(43)24(29(40)36-33(38)46)14-19-7-10-27(26(15-19)39(44)45)47-34-35-25-9-8-20(16-28(25)48-34)37-30(41)22-5-3-4-6-23(22)31(37)42/h7-16,22-23H,3-6H2,1-2H3,(H,36,40,46)/b24-14+/t22-,23-/m1/s1. The molecule has 0 radical (unpaired) electrons. The Balaban J connectivity index is 1.15. The number of nitrogens with one attached hydrogen (secondary N) is 1. The number of fused-ring (bicyclic) bond motifs is 2. The lowest BCUT2D eigenvalue weighted by molar-refractivity contribution is -0.387. The van der Waals surface area contributed by atoms with Crippen LogP contribution in [0.1, 0.15) is 42.4 Å². The van der Waals surface area contributed by atoms with Crippen LogP contribution in [0.25, 0.3) is 16.3 Å². The Labute approximate surface area is 288 Å². The van der Waals surface area contributed by atoms with Crippen molar-refractivity contribution in [3.8, 4) is 0 Å². The number of nitro benzene ring substituents is 1. The number of aromatic nitrogens is 1. The zero-order valence-corrected chi connectivity index (χ0v) is 28.2. The smallest absolute Gasteiger partial charge is 0.283 e. The molecule has 0 spiro atoms. The number of hydrogen-bond donors (Lipinski definition) is 1. The highest BCUT2D eigenvalue weighted by molar-refractivity contribution is 8.01. The van der Waals surface area contributed by atoms with E-state index in [9.17, 15) is 29.3 Å².